The molecule has 3 aromatic rings. The van der Waals surface area contributed by atoms with E-state index in [1.54, 1.807) is 12.5 Å². The van der Waals surface area contributed by atoms with Crippen LogP contribution in [-0.2, 0) is 6.54 Å². The Hall–Kier alpha value is -3.08. The summed E-state index contributed by atoms with van der Waals surface area (Å²) in [6, 6.07) is 18.6. The monoisotopic (exact) mass is 360 g/mol. The summed E-state index contributed by atoms with van der Waals surface area (Å²) in [5, 5.41) is 3.11. The van der Waals surface area contributed by atoms with E-state index in [9.17, 15) is 4.79 Å². The summed E-state index contributed by atoms with van der Waals surface area (Å²) in [4.78, 5) is 19.0. The molecular formula is C22H24N4O. The van der Waals surface area contributed by atoms with Gasteiger partial charge < -0.3 is 14.8 Å². The molecule has 0 bridgehead atoms. The smallest absolute Gasteiger partial charge is 0.251 e. The van der Waals surface area contributed by atoms with Crippen molar-refractivity contribution in [1.29, 1.82) is 0 Å². The molecule has 1 N–H and O–H groups in total. The average Bonchev–Trinajstić information content (AvgIpc) is 3.39. The van der Waals surface area contributed by atoms with Gasteiger partial charge in [-0.1, -0.05) is 30.3 Å². The SMILES string of the molecule is O=C(NC[C@@H]1CCCN1c1ccccc1)c1ccc(Cn2ccnc2)cc1. The summed E-state index contributed by atoms with van der Waals surface area (Å²) in [6.45, 7) is 2.48. The van der Waals surface area contributed by atoms with Crippen molar-refractivity contribution in [2.75, 3.05) is 18.0 Å². The molecule has 1 atom stereocenters. The van der Waals surface area contributed by atoms with Crippen LogP contribution in [0.2, 0.25) is 0 Å². The minimum absolute atomic E-state index is 0.0101. The molecule has 1 aliphatic heterocycles. The topological polar surface area (TPSA) is 50.2 Å². The Labute approximate surface area is 159 Å². The summed E-state index contributed by atoms with van der Waals surface area (Å²) in [7, 11) is 0. The number of anilines is 1. The Morgan fingerprint density at radius 2 is 1.93 bits per heavy atom. The van der Waals surface area contributed by atoms with Gasteiger partial charge in [0.15, 0.2) is 0 Å². The zero-order valence-corrected chi connectivity index (χ0v) is 15.3. The first kappa shape index (κ1) is 17.3. The molecule has 4 rings (SSSR count). The van der Waals surface area contributed by atoms with Gasteiger partial charge in [0.25, 0.3) is 5.91 Å². The van der Waals surface area contributed by atoms with Gasteiger partial charge in [0.1, 0.15) is 0 Å². The normalized spacial score (nSPS) is 16.4. The lowest BCUT2D eigenvalue weighted by atomic mass is 10.1. The van der Waals surface area contributed by atoms with E-state index in [0.29, 0.717) is 18.2 Å². The molecule has 1 aliphatic rings. The van der Waals surface area contributed by atoms with Crippen molar-refractivity contribution >= 4 is 11.6 Å². The van der Waals surface area contributed by atoms with Crippen molar-refractivity contribution in [3.63, 3.8) is 0 Å². The highest BCUT2D eigenvalue weighted by Gasteiger charge is 2.25. The number of carbonyl (C=O) groups is 1. The largest absolute Gasteiger partial charge is 0.367 e. The molecule has 0 saturated carbocycles. The van der Waals surface area contributed by atoms with E-state index in [4.69, 9.17) is 0 Å². The van der Waals surface area contributed by atoms with Gasteiger partial charge in [-0.15, -0.1) is 0 Å². The van der Waals surface area contributed by atoms with Crippen molar-refractivity contribution in [3.05, 3.63) is 84.4 Å². The van der Waals surface area contributed by atoms with Crippen molar-refractivity contribution in [2.45, 2.75) is 25.4 Å². The number of amides is 1. The van der Waals surface area contributed by atoms with Crippen LogP contribution >= 0.6 is 0 Å². The second-order valence-corrected chi connectivity index (χ2v) is 6.97. The second kappa shape index (κ2) is 8.08. The Balaban J connectivity index is 1.33. The van der Waals surface area contributed by atoms with Gasteiger partial charge in [0.05, 0.1) is 6.33 Å². The highest BCUT2D eigenvalue weighted by molar-refractivity contribution is 5.94. The van der Waals surface area contributed by atoms with Gasteiger partial charge in [-0.2, -0.15) is 0 Å². The average molecular weight is 360 g/mol. The number of nitrogens with zero attached hydrogens (tertiary/aromatic N) is 3. The third-order valence-corrected chi connectivity index (χ3v) is 5.10. The molecule has 1 aromatic heterocycles. The number of benzene rings is 2. The lowest BCUT2D eigenvalue weighted by Crippen LogP contribution is -2.40. The summed E-state index contributed by atoms with van der Waals surface area (Å²) in [5.74, 6) is -0.0101. The summed E-state index contributed by atoms with van der Waals surface area (Å²) in [6.07, 6.45) is 7.77. The van der Waals surface area contributed by atoms with Crippen LogP contribution < -0.4 is 10.2 Å². The Morgan fingerprint density at radius 3 is 2.67 bits per heavy atom. The molecule has 2 heterocycles. The molecule has 0 radical (unpaired) electrons. The fourth-order valence-electron chi connectivity index (χ4n) is 3.67. The van der Waals surface area contributed by atoms with Gasteiger partial charge in [0, 0.05) is 49.3 Å². The molecule has 138 valence electrons. The van der Waals surface area contributed by atoms with Crippen molar-refractivity contribution in [2.24, 2.45) is 0 Å². The van der Waals surface area contributed by atoms with Gasteiger partial charge in [0.2, 0.25) is 0 Å². The first-order valence-electron chi connectivity index (χ1n) is 9.44. The third kappa shape index (κ3) is 4.19. The maximum atomic E-state index is 12.5. The number of nitrogens with one attached hydrogen (secondary N) is 1. The molecule has 1 amide bonds. The van der Waals surface area contributed by atoms with E-state index >= 15 is 0 Å². The Morgan fingerprint density at radius 1 is 1.11 bits per heavy atom. The predicted octanol–water partition coefficient (Wildman–Crippen LogP) is 3.33. The Bertz CT molecular complexity index is 859. The van der Waals surface area contributed by atoms with Crippen LogP contribution in [0.3, 0.4) is 0 Å². The van der Waals surface area contributed by atoms with Crippen LogP contribution in [0.5, 0.6) is 0 Å². The van der Waals surface area contributed by atoms with Gasteiger partial charge >= 0.3 is 0 Å². The molecule has 0 unspecified atom stereocenters. The molecule has 5 nitrogen and oxygen atoms in total. The molecule has 27 heavy (non-hydrogen) atoms. The van der Waals surface area contributed by atoms with E-state index in [0.717, 1.165) is 25.1 Å². The maximum Gasteiger partial charge on any atom is 0.251 e. The molecule has 2 aromatic carbocycles. The van der Waals surface area contributed by atoms with Crippen LogP contribution in [0.4, 0.5) is 5.69 Å². The van der Waals surface area contributed by atoms with E-state index in [-0.39, 0.29) is 5.91 Å². The lowest BCUT2D eigenvalue weighted by Gasteiger charge is -2.27. The van der Waals surface area contributed by atoms with Crippen LogP contribution in [0.1, 0.15) is 28.8 Å². The highest BCUT2D eigenvalue weighted by atomic mass is 16.1. The number of hydrogen-bond acceptors (Lipinski definition) is 3. The van der Waals surface area contributed by atoms with Gasteiger partial charge in [-0.3, -0.25) is 4.79 Å². The molecular weight excluding hydrogens is 336 g/mol. The molecule has 5 heteroatoms. The van der Waals surface area contributed by atoms with Crippen molar-refractivity contribution in [1.82, 2.24) is 14.9 Å². The van der Waals surface area contributed by atoms with E-state index < -0.39 is 0 Å². The zero-order chi connectivity index (χ0) is 18.5. The van der Waals surface area contributed by atoms with Crippen molar-refractivity contribution in [3.8, 4) is 0 Å². The second-order valence-electron chi connectivity index (χ2n) is 6.97. The minimum atomic E-state index is -0.0101. The standard InChI is InChI=1S/C22H24N4O/c27-22(19-10-8-18(9-11-19)16-25-14-12-23-17-25)24-15-21-7-4-13-26(21)20-5-2-1-3-6-20/h1-3,5-6,8-12,14,17,21H,4,7,13,15-16H2,(H,24,27)/t21-/m0/s1. The number of hydrogen-bond donors (Lipinski definition) is 1. The number of rotatable bonds is 6. The fourth-order valence-corrected chi connectivity index (χ4v) is 3.67. The quantitative estimate of drug-likeness (QED) is 0.734. The molecule has 0 aliphatic carbocycles. The fraction of sp³-hybridized carbons (Fsp3) is 0.273. The van der Waals surface area contributed by atoms with Crippen LogP contribution in [0.25, 0.3) is 0 Å². The number of aromatic nitrogens is 2. The van der Waals surface area contributed by atoms with Crippen LogP contribution in [-0.4, -0.2) is 34.6 Å². The van der Waals surface area contributed by atoms with Crippen LogP contribution in [0, 0.1) is 0 Å². The van der Waals surface area contributed by atoms with E-state index in [1.165, 1.54) is 12.1 Å². The Kier molecular flexibility index (Phi) is 5.19. The first-order chi connectivity index (χ1) is 13.3. The summed E-state index contributed by atoms with van der Waals surface area (Å²) >= 11 is 0. The minimum Gasteiger partial charge on any atom is -0.367 e. The lowest BCUT2D eigenvalue weighted by molar-refractivity contribution is 0.0951. The molecule has 1 fully saturated rings. The predicted molar refractivity (Wildman–Crippen MR) is 107 cm³/mol. The summed E-state index contributed by atoms with van der Waals surface area (Å²) < 4.78 is 2.01. The van der Waals surface area contributed by atoms with E-state index in [2.05, 4.69) is 39.5 Å². The van der Waals surface area contributed by atoms with Gasteiger partial charge in [-0.05, 0) is 42.7 Å². The number of imidazole rings is 1. The highest BCUT2D eigenvalue weighted by Crippen LogP contribution is 2.24. The third-order valence-electron chi connectivity index (χ3n) is 5.10. The van der Waals surface area contributed by atoms with E-state index in [1.807, 2.05) is 41.1 Å². The zero-order valence-electron chi connectivity index (χ0n) is 15.3. The molecule has 1 saturated heterocycles. The van der Waals surface area contributed by atoms with Gasteiger partial charge in [-0.25, -0.2) is 4.98 Å². The number of carbonyl (C=O) groups excluding carboxylic acids is 1. The number of para-hydroxylation sites is 1. The first-order valence-corrected chi connectivity index (χ1v) is 9.44. The maximum absolute atomic E-state index is 12.5. The van der Waals surface area contributed by atoms with Crippen LogP contribution in [0.15, 0.2) is 73.3 Å². The van der Waals surface area contributed by atoms with Crippen molar-refractivity contribution < 1.29 is 4.79 Å². The molecule has 0 spiro atoms. The summed E-state index contributed by atoms with van der Waals surface area (Å²) in [5.41, 5.74) is 3.09.